The monoisotopic (exact) mass is 267 g/mol. The number of benzene rings is 1. The van der Waals surface area contributed by atoms with Gasteiger partial charge in [-0.1, -0.05) is 26.0 Å². The number of rotatable bonds is 9. The zero-order valence-electron chi connectivity index (χ0n) is 11.7. The molecule has 0 aliphatic heterocycles. The molecule has 1 aromatic rings. The van der Waals surface area contributed by atoms with Gasteiger partial charge in [-0.2, -0.15) is 0 Å². The molecule has 0 aliphatic carbocycles. The summed E-state index contributed by atoms with van der Waals surface area (Å²) in [5.41, 5.74) is 1.37. The first kappa shape index (κ1) is 15.5. The molecular formula is C15H25NOS. The van der Waals surface area contributed by atoms with Crippen LogP contribution in [0.15, 0.2) is 29.2 Å². The molecule has 0 spiro atoms. The lowest BCUT2D eigenvalue weighted by atomic mass is 10.2. The van der Waals surface area contributed by atoms with E-state index in [1.54, 1.807) is 7.11 Å². The molecule has 2 nitrogen and oxygen atoms in total. The third kappa shape index (κ3) is 6.43. The van der Waals surface area contributed by atoms with Gasteiger partial charge in [0.05, 0.1) is 0 Å². The summed E-state index contributed by atoms with van der Waals surface area (Å²) in [6.07, 6.45) is 2.28. The van der Waals surface area contributed by atoms with E-state index in [-0.39, 0.29) is 0 Å². The van der Waals surface area contributed by atoms with Crippen LogP contribution in [0.4, 0.5) is 0 Å². The third-order valence-corrected chi connectivity index (χ3v) is 3.88. The quantitative estimate of drug-likeness (QED) is 0.544. The fraction of sp³-hybridized carbons (Fsp3) is 0.600. The van der Waals surface area contributed by atoms with E-state index in [4.69, 9.17) is 4.74 Å². The minimum absolute atomic E-state index is 0.601. The van der Waals surface area contributed by atoms with Gasteiger partial charge in [-0.3, -0.25) is 0 Å². The van der Waals surface area contributed by atoms with E-state index in [1.807, 2.05) is 11.8 Å². The Balaban J connectivity index is 2.43. The molecule has 102 valence electrons. The summed E-state index contributed by atoms with van der Waals surface area (Å²) in [4.78, 5) is 1.36. The molecule has 0 bridgehead atoms. The van der Waals surface area contributed by atoms with Crippen molar-refractivity contribution in [1.82, 2.24) is 5.32 Å². The van der Waals surface area contributed by atoms with Crippen LogP contribution < -0.4 is 5.32 Å². The molecule has 0 fully saturated rings. The lowest BCUT2D eigenvalue weighted by Gasteiger charge is -2.11. The van der Waals surface area contributed by atoms with Crippen LogP contribution in [0.1, 0.15) is 32.3 Å². The van der Waals surface area contributed by atoms with Crippen LogP contribution in [0.5, 0.6) is 0 Å². The second kappa shape index (κ2) is 9.42. The Kier molecular flexibility index (Phi) is 8.14. The molecule has 18 heavy (non-hydrogen) atoms. The molecule has 0 saturated heterocycles. The van der Waals surface area contributed by atoms with Gasteiger partial charge in [-0.25, -0.2) is 0 Å². The number of nitrogens with one attached hydrogen (secondary N) is 1. The molecule has 0 aromatic heterocycles. The number of hydrogen-bond acceptors (Lipinski definition) is 3. The number of methoxy groups -OCH3 is 1. The number of hydrogen-bond donors (Lipinski definition) is 1. The largest absolute Gasteiger partial charge is 0.385 e. The van der Waals surface area contributed by atoms with Gasteiger partial charge in [0.25, 0.3) is 0 Å². The van der Waals surface area contributed by atoms with Crippen molar-refractivity contribution in [2.75, 3.05) is 20.3 Å². The average Bonchev–Trinajstić information content (AvgIpc) is 2.37. The molecule has 0 heterocycles. The second-order valence-electron chi connectivity index (χ2n) is 4.53. The maximum atomic E-state index is 5.12. The molecule has 1 unspecified atom stereocenters. The molecule has 0 amide bonds. The van der Waals surface area contributed by atoms with Crippen LogP contribution in [0.3, 0.4) is 0 Å². The lowest BCUT2D eigenvalue weighted by Crippen LogP contribution is -2.13. The normalized spacial score (nSPS) is 12.6. The Labute approximate surface area is 116 Å². The Morgan fingerprint density at radius 3 is 2.94 bits per heavy atom. The minimum atomic E-state index is 0.601. The van der Waals surface area contributed by atoms with Gasteiger partial charge in [-0.05, 0) is 37.1 Å². The van der Waals surface area contributed by atoms with Gasteiger partial charge >= 0.3 is 0 Å². The summed E-state index contributed by atoms with van der Waals surface area (Å²) in [5.74, 6) is 0. The standard InChI is InChI=1S/C15H25NOS/c1-4-9-16-12-14-6-5-7-15(11-14)18-13(2)8-10-17-3/h5-7,11,13,16H,4,8-10,12H2,1-3H3. The lowest BCUT2D eigenvalue weighted by molar-refractivity contribution is 0.195. The molecule has 0 aliphatic rings. The van der Waals surface area contributed by atoms with Crippen LogP contribution in [-0.4, -0.2) is 25.5 Å². The fourth-order valence-electron chi connectivity index (χ4n) is 1.71. The summed E-state index contributed by atoms with van der Waals surface area (Å²) >= 11 is 1.93. The first-order chi connectivity index (χ1) is 8.76. The summed E-state index contributed by atoms with van der Waals surface area (Å²) in [6.45, 7) is 7.34. The first-order valence-corrected chi connectivity index (χ1v) is 7.59. The van der Waals surface area contributed by atoms with Crippen LogP contribution in [0.2, 0.25) is 0 Å². The van der Waals surface area contributed by atoms with Gasteiger partial charge in [0, 0.05) is 30.4 Å². The van der Waals surface area contributed by atoms with Gasteiger partial charge in [-0.15, -0.1) is 11.8 Å². The van der Waals surface area contributed by atoms with Crippen LogP contribution in [0, 0.1) is 0 Å². The zero-order valence-corrected chi connectivity index (χ0v) is 12.6. The van der Waals surface area contributed by atoms with E-state index in [9.17, 15) is 0 Å². The average molecular weight is 267 g/mol. The van der Waals surface area contributed by atoms with Crippen LogP contribution in [0.25, 0.3) is 0 Å². The van der Waals surface area contributed by atoms with E-state index in [1.165, 1.54) is 16.9 Å². The third-order valence-electron chi connectivity index (χ3n) is 2.72. The molecule has 1 rings (SSSR count). The van der Waals surface area contributed by atoms with Crippen molar-refractivity contribution in [1.29, 1.82) is 0 Å². The summed E-state index contributed by atoms with van der Waals surface area (Å²) in [5, 5.41) is 4.04. The predicted molar refractivity (Wildman–Crippen MR) is 80.3 cm³/mol. The van der Waals surface area contributed by atoms with Crippen molar-refractivity contribution in [3.05, 3.63) is 29.8 Å². The highest BCUT2D eigenvalue weighted by atomic mass is 32.2. The highest BCUT2D eigenvalue weighted by molar-refractivity contribution is 7.99. The van der Waals surface area contributed by atoms with Crippen molar-refractivity contribution >= 4 is 11.8 Å². The van der Waals surface area contributed by atoms with Crippen molar-refractivity contribution in [2.24, 2.45) is 0 Å². The molecule has 0 radical (unpaired) electrons. The summed E-state index contributed by atoms with van der Waals surface area (Å²) in [7, 11) is 1.76. The van der Waals surface area contributed by atoms with Crippen molar-refractivity contribution < 1.29 is 4.74 Å². The van der Waals surface area contributed by atoms with Crippen molar-refractivity contribution in [2.45, 2.75) is 43.4 Å². The predicted octanol–water partition coefficient (Wildman–Crippen LogP) is 3.70. The number of ether oxygens (including phenoxy) is 1. The highest BCUT2D eigenvalue weighted by Crippen LogP contribution is 2.25. The fourth-order valence-corrected chi connectivity index (χ4v) is 2.77. The van der Waals surface area contributed by atoms with Crippen molar-refractivity contribution in [3.63, 3.8) is 0 Å². The molecule has 3 heteroatoms. The summed E-state index contributed by atoms with van der Waals surface area (Å²) < 4.78 is 5.12. The summed E-state index contributed by atoms with van der Waals surface area (Å²) in [6, 6.07) is 8.81. The van der Waals surface area contributed by atoms with Crippen molar-refractivity contribution in [3.8, 4) is 0 Å². The van der Waals surface area contributed by atoms with Crippen LogP contribution >= 0.6 is 11.8 Å². The maximum Gasteiger partial charge on any atom is 0.0472 e. The van der Waals surface area contributed by atoms with Crippen LogP contribution in [-0.2, 0) is 11.3 Å². The molecule has 1 atom stereocenters. The Bertz CT molecular complexity index is 330. The maximum absolute atomic E-state index is 5.12. The van der Waals surface area contributed by atoms with Gasteiger partial charge < -0.3 is 10.1 Å². The van der Waals surface area contributed by atoms with E-state index >= 15 is 0 Å². The Hall–Kier alpha value is -0.510. The Morgan fingerprint density at radius 1 is 1.39 bits per heavy atom. The van der Waals surface area contributed by atoms with E-state index < -0.39 is 0 Å². The topological polar surface area (TPSA) is 21.3 Å². The molecular weight excluding hydrogens is 242 g/mol. The molecule has 1 aromatic carbocycles. The van der Waals surface area contributed by atoms with E-state index in [0.717, 1.165) is 26.1 Å². The second-order valence-corrected chi connectivity index (χ2v) is 6.05. The zero-order chi connectivity index (χ0) is 13.2. The SMILES string of the molecule is CCCNCc1cccc(SC(C)CCOC)c1. The smallest absolute Gasteiger partial charge is 0.0472 e. The highest BCUT2D eigenvalue weighted by Gasteiger charge is 2.04. The van der Waals surface area contributed by atoms with E-state index in [2.05, 4.69) is 43.4 Å². The number of thioether (sulfide) groups is 1. The molecule has 1 N–H and O–H groups in total. The van der Waals surface area contributed by atoms with Gasteiger partial charge in [0.2, 0.25) is 0 Å². The van der Waals surface area contributed by atoms with Gasteiger partial charge in [0.1, 0.15) is 0 Å². The minimum Gasteiger partial charge on any atom is -0.385 e. The van der Waals surface area contributed by atoms with Gasteiger partial charge in [0.15, 0.2) is 0 Å². The first-order valence-electron chi connectivity index (χ1n) is 6.71. The Morgan fingerprint density at radius 2 is 2.22 bits per heavy atom. The van der Waals surface area contributed by atoms with E-state index in [0.29, 0.717) is 5.25 Å². The molecule has 0 saturated carbocycles.